The largest absolute Gasteiger partial charge is 0.255 e. The highest BCUT2D eigenvalue weighted by Gasteiger charge is 1.93. The van der Waals surface area contributed by atoms with Gasteiger partial charge in [-0.05, 0) is 17.4 Å². The second-order valence-corrected chi connectivity index (χ2v) is 5.46. The number of rotatable bonds is 5. The van der Waals surface area contributed by atoms with Gasteiger partial charge in [0.1, 0.15) is 0 Å². The molecule has 112 valence electrons. The molecule has 19 heavy (non-hydrogen) atoms. The van der Waals surface area contributed by atoms with Crippen molar-refractivity contribution < 1.29 is 10.5 Å². The van der Waals surface area contributed by atoms with Crippen molar-refractivity contribution in [3.05, 3.63) is 35.9 Å². The van der Waals surface area contributed by atoms with Crippen LogP contribution in [0, 0.1) is 5.92 Å². The van der Waals surface area contributed by atoms with E-state index in [4.69, 9.17) is 10.5 Å². The summed E-state index contributed by atoms with van der Waals surface area (Å²) in [4.78, 5) is 0. The molecule has 0 aliphatic heterocycles. The third kappa shape index (κ3) is 15.1. The van der Waals surface area contributed by atoms with Gasteiger partial charge in [0, 0.05) is 0 Å². The summed E-state index contributed by atoms with van der Waals surface area (Å²) in [6.45, 7) is 11.2. The highest BCUT2D eigenvalue weighted by molar-refractivity contribution is 5.17. The van der Waals surface area contributed by atoms with Crippen LogP contribution in [-0.4, -0.2) is 10.5 Å². The van der Waals surface area contributed by atoms with E-state index in [0.717, 1.165) is 5.92 Å². The summed E-state index contributed by atoms with van der Waals surface area (Å²) in [5.74, 6) is 1.56. The Morgan fingerprint density at radius 1 is 0.895 bits per heavy atom. The van der Waals surface area contributed by atoms with Crippen molar-refractivity contribution in [2.75, 3.05) is 0 Å². The van der Waals surface area contributed by atoms with Crippen LogP contribution in [0.1, 0.15) is 71.8 Å². The number of hydrogen-bond donors (Lipinski definition) is 2. The van der Waals surface area contributed by atoms with Crippen molar-refractivity contribution in [1.29, 1.82) is 0 Å². The van der Waals surface area contributed by atoms with Crippen molar-refractivity contribution in [3.8, 4) is 0 Å². The van der Waals surface area contributed by atoms with Crippen molar-refractivity contribution in [2.45, 2.75) is 66.2 Å². The van der Waals surface area contributed by atoms with E-state index in [1.54, 1.807) is 0 Å². The lowest BCUT2D eigenvalue weighted by Crippen LogP contribution is -1.85. The van der Waals surface area contributed by atoms with Crippen molar-refractivity contribution in [3.63, 3.8) is 0 Å². The Kier molecular flexibility index (Phi) is 16.4. The maximum absolute atomic E-state index is 6.00. The average Bonchev–Trinajstić information content (AvgIpc) is 2.43. The first-order valence-electron chi connectivity index (χ1n) is 7.32. The zero-order valence-corrected chi connectivity index (χ0v) is 13.3. The summed E-state index contributed by atoms with van der Waals surface area (Å²) >= 11 is 0. The van der Waals surface area contributed by atoms with Gasteiger partial charge in [-0.3, -0.25) is 10.5 Å². The van der Waals surface area contributed by atoms with Gasteiger partial charge in [-0.15, -0.1) is 0 Å². The van der Waals surface area contributed by atoms with Crippen LogP contribution in [0.25, 0.3) is 0 Å². The van der Waals surface area contributed by atoms with E-state index >= 15 is 0 Å². The summed E-state index contributed by atoms with van der Waals surface area (Å²) in [6.07, 6.45) is 5.60. The average molecular weight is 268 g/mol. The van der Waals surface area contributed by atoms with Gasteiger partial charge in [0.15, 0.2) is 0 Å². The molecule has 0 aliphatic rings. The van der Waals surface area contributed by atoms with Crippen LogP contribution in [-0.2, 0) is 0 Å². The molecule has 1 aromatic rings. The maximum atomic E-state index is 6.00. The van der Waals surface area contributed by atoms with E-state index < -0.39 is 0 Å². The highest BCUT2D eigenvalue weighted by atomic mass is 17.0. The first-order valence-corrected chi connectivity index (χ1v) is 7.32. The molecule has 0 amide bonds. The number of unbranched alkanes of at least 4 members (excludes halogenated alkanes) is 2. The Morgan fingerprint density at radius 3 is 1.74 bits per heavy atom. The van der Waals surface area contributed by atoms with Crippen LogP contribution >= 0.6 is 0 Å². The Labute approximate surface area is 119 Å². The van der Waals surface area contributed by atoms with Gasteiger partial charge in [0.25, 0.3) is 0 Å². The standard InChI is InChI=1S/C9H12.C8H18.H2O2/c1-8(2)9-6-4-3-5-7-9;1-4-5-6-7-8(2)3;1-2/h3-8H,1-2H3;8H,4-7H2,1-3H3;1-2H. The van der Waals surface area contributed by atoms with Crippen LogP contribution < -0.4 is 0 Å². The van der Waals surface area contributed by atoms with Gasteiger partial charge < -0.3 is 0 Å². The van der Waals surface area contributed by atoms with Crippen LogP contribution in [0.5, 0.6) is 0 Å². The van der Waals surface area contributed by atoms with Gasteiger partial charge in [-0.1, -0.05) is 90.6 Å². The highest BCUT2D eigenvalue weighted by Crippen LogP contribution is 2.11. The van der Waals surface area contributed by atoms with Gasteiger partial charge in [-0.25, -0.2) is 0 Å². The number of benzene rings is 1. The lowest BCUT2D eigenvalue weighted by atomic mass is 10.0. The maximum Gasteiger partial charge on any atom is -0.0219 e. The summed E-state index contributed by atoms with van der Waals surface area (Å²) in [7, 11) is 0. The van der Waals surface area contributed by atoms with Gasteiger partial charge in [-0.2, -0.15) is 0 Å². The second-order valence-electron chi connectivity index (χ2n) is 5.46. The molecule has 2 N–H and O–H groups in total. The monoisotopic (exact) mass is 268 g/mol. The Hall–Kier alpha value is -0.860. The third-order valence-corrected chi connectivity index (χ3v) is 2.85. The Morgan fingerprint density at radius 2 is 1.42 bits per heavy atom. The van der Waals surface area contributed by atoms with Gasteiger partial charge in [0.05, 0.1) is 0 Å². The zero-order valence-electron chi connectivity index (χ0n) is 13.3. The third-order valence-electron chi connectivity index (χ3n) is 2.85. The molecule has 0 heterocycles. The summed E-state index contributed by atoms with van der Waals surface area (Å²) in [5.41, 5.74) is 1.41. The van der Waals surface area contributed by atoms with E-state index in [1.807, 2.05) is 6.07 Å². The van der Waals surface area contributed by atoms with Crippen LogP contribution in [0.2, 0.25) is 0 Å². The minimum absolute atomic E-state index is 0.659. The topological polar surface area (TPSA) is 40.5 Å². The van der Waals surface area contributed by atoms with Crippen molar-refractivity contribution in [1.82, 2.24) is 0 Å². The second kappa shape index (κ2) is 15.2. The van der Waals surface area contributed by atoms with Crippen molar-refractivity contribution >= 4 is 0 Å². The van der Waals surface area contributed by atoms with E-state index in [9.17, 15) is 0 Å². The molecule has 0 aliphatic carbocycles. The fourth-order valence-corrected chi connectivity index (χ4v) is 1.64. The summed E-state index contributed by atoms with van der Waals surface area (Å²) in [5, 5.41) is 12.0. The fraction of sp³-hybridized carbons (Fsp3) is 0.647. The minimum Gasteiger partial charge on any atom is -0.255 e. The molecule has 0 atom stereocenters. The van der Waals surface area contributed by atoms with Crippen LogP contribution in [0.3, 0.4) is 0 Å². The minimum atomic E-state index is 0.659. The molecule has 0 saturated heterocycles. The molecular formula is C17H32O2. The van der Waals surface area contributed by atoms with E-state index in [2.05, 4.69) is 58.9 Å². The Bertz CT molecular complexity index is 255. The lowest BCUT2D eigenvalue weighted by molar-refractivity contribution is -0.176. The molecule has 0 bridgehead atoms. The van der Waals surface area contributed by atoms with Crippen molar-refractivity contribution in [2.24, 2.45) is 5.92 Å². The fourth-order valence-electron chi connectivity index (χ4n) is 1.64. The van der Waals surface area contributed by atoms with E-state index in [1.165, 1.54) is 31.2 Å². The molecule has 0 unspecified atom stereocenters. The summed E-state index contributed by atoms with van der Waals surface area (Å²) in [6, 6.07) is 10.5. The SMILES string of the molecule is CC(C)c1ccccc1.CCCCCC(C)C.OO. The lowest BCUT2D eigenvalue weighted by Gasteiger charge is -2.01. The summed E-state index contributed by atoms with van der Waals surface area (Å²) < 4.78 is 0. The first kappa shape index (κ1) is 20.5. The Balaban J connectivity index is 0. The molecule has 0 saturated carbocycles. The van der Waals surface area contributed by atoms with Gasteiger partial charge >= 0.3 is 0 Å². The zero-order chi connectivity index (χ0) is 15.1. The van der Waals surface area contributed by atoms with E-state index in [-0.39, 0.29) is 0 Å². The van der Waals surface area contributed by atoms with Gasteiger partial charge in [0.2, 0.25) is 0 Å². The first-order chi connectivity index (χ1) is 9.07. The molecule has 1 rings (SSSR count). The molecule has 0 spiro atoms. The van der Waals surface area contributed by atoms with E-state index in [0.29, 0.717) is 5.92 Å². The number of hydrogen-bond acceptors (Lipinski definition) is 2. The molecule has 2 heteroatoms. The molecule has 2 nitrogen and oxygen atoms in total. The molecule has 0 radical (unpaired) electrons. The van der Waals surface area contributed by atoms with Crippen LogP contribution in [0.4, 0.5) is 0 Å². The smallest absolute Gasteiger partial charge is 0.0219 e. The molecule has 0 fully saturated rings. The molecular weight excluding hydrogens is 236 g/mol. The normalized spacial score (nSPS) is 9.53. The van der Waals surface area contributed by atoms with Crippen LogP contribution in [0.15, 0.2) is 30.3 Å². The predicted octanol–water partition coefficient (Wildman–Crippen LogP) is 6.05. The molecule has 0 aromatic heterocycles. The predicted molar refractivity (Wildman–Crippen MR) is 84.8 cm³/mol. The quantitative estimate of drug-likeness (QED) is 0.387. The molecule has 1 aromatic carbocycles.